The fraction of sp³-hybridized carbons (Fsp3) is 0.455. The number of carbonyl (C=O) groups excluding carboxylic acids is 2. The molecule has 0 bridgehead atoms. The average molecular weight is 483 g/mol. The third kappa shape index (κ3) is 6.67. The van der Waals surface area contributed by atoms with Crippen LogP contribution in [-0.2, 0) is 23.7 Å². The number of ether oxygens (including phenoxy) is 4. The van der Waals surface area contributed by atoms with Crippen molar-refractivity contribution in [1.82, 2.24) is 12.3 Å². The summed E-state index contributed by atoms with van der Waals surface area (Å²) in [5.41, 5.74) is -3.49. The van der Waals surface area contributed by atoms with E-state index in [1.165, 1.54) is 0 Å². The standard InChI is InChI=1S/C4H4O5.C4H6O4.C3Cl3N3O3/c5-3(6)2-1-8-4(7)9-2;5-1-3-2-7-4(6)8-3;4-7-1(10)8(5)3(12)9(6)2(7)11/h2H,1H2,(H,5,6);3,5H,1-2H2;. The first-order valence-electron chi connectivity index (χ1n) is 6.99. The number of nitrogens with zero attached hydrogens (tertiary/aromatic N) is 3. The molecule has 2 unspecified atom stereocenters. The highest BCUT2D eigenvalue weighted by atomic mass is 35.5. The summed E-state index contributed by atoms with van der Waals surface area (Å²) < 4.78 is 17.3. The van der Waals surface area contributed by atoms with Gasteiger partial charge in [0, 0.05) is 35.3 Å². The largest absolute Gasteiger partial charge is 0.509 e. The third-order valence-electron chi connectivity index (χ3n) is 2.73. The van der Waals surface area contributed by atoms with Gasteiger partial charge < -0.3 is 29.2 Å². The van der Waals surface area contributed by atoms with Crippen LogP contribution in [-0.4, -0.2) is 72.8 Å². The van der Waals surface area contributed by atoms with Crippen LogP contribution < -0.4 is 17.1 Å². The molecule has 1 aromatic rings. The summed E-state index contributed by atoms with van der Waals surface area (Å²) in [6, 6.07) is 0. The van der Waals surface area contributed by atoms with Gasteiger partial charge in [-0.3, -0.25) is 0 Å². The molecule has 2 saturated heterocycles. The van der Waals surface area contributed by atoms with Gasteiger partial charge in [-0.05, 0) is 0 Å². The van der Waals surface area contributed by atoms with E-state index >= 15 is 0 Å². The topological polar surface area (TPSA) is 195 Å². The Bertz CT molecular complexity index is 851. The van der Waals surface area contributed by atoms with Crippen LogP contribution in [0.4, 0.5) is 9.59 Å². The van der Waals surface area contributed by atoms with Gasteiger partial charge in [-0.25, -0.2) is 28.8 Å². The van der Waals surface area contributed by atoms with Crippen LogP contribution >= 0.6 is 35.3 Å². The number of carboxylic acids is 1. The number of aliphatic hydroxyl groups is 1. The number of halogens is 3. The molecule has 1 aromatic heterocycles. The first-order chi connectivity index (χ1) is 13.5. The molecule has 2 atom stereocenters. The molecule has 2 aliphatic heterocycles. The lowest BCUT2D eigenvalue weighted by Gasteiger charge is -1.96. The van der Waals surface area contributed by atoms with Crippen molar-refractivity contribution in [2.45, 2.75) is 12.2 Å². The molecule has 3 heterocycles. The fourth-order valence-electron chi connectivity index (χ4n) is 1.38. The highest BCUT2D eigenvalue weighted by molar-refractivity contribution is 6.19. The summed E-state index contributed by atoms with van der Waals surface area (Å²) in [4.78, 5) is 62.4. The van der Waals surface area contributed by atoms with E-state index in [1.807, 2.05) is 0 Å². The van der Waals surface area contributed by atoms with E-state index in [-0.39, 0.29) is 32.1 Å². The number of aliphatic carboxylic acids is 1. The van der Waals surface area contributed by atoms with Gasteiger partial charge in [0.05, 0.1) is 6.61 Å². The van der Waals surface area contributed by atoms with Gasteiger partial charge in [0.15, 0.2) is 6.10 Å². The van der Waals surface area contributed by atoms with Crippen LogP contribution in [0, 0.1) is 0 Å². The lowest BCUT2D eigenvalue weighted by Crippen LogP contribution is -2.47. The van der Waals surface area contributed by atoms with Crippen molar-refractivity contribution in [2.75, 3.05) is 19.8 Å². The third-order valence-corrected chi connectivity index (χ3v) is 3.60. The van der Waals surface area contributed by atoms with Crippen LogP contribution in [0.5, 0.6) is 0 Å². The molecule has 0 radical (unpaired) electrons. The van der Waals surface area contributed by atoms with Gasteiger partial charge >= 0.3 is 35.3 Å². The molecule has 0 saturated carbocycles. The van der Waals surface area contributed by atoms with Crippen molar-refractivity contribution in [1.29, 1.82) is 0 Å². The minimum atomic E-state index is -1.18. The highest BCUT2D eigenvalue weighted by Gasteiger charge is 2.30. The van der Waals surface area contributed by atoms with Gasteiger partial charge in [-0.1, -0.05) is 0 Å². The zero-order valence-corrected chi connectivity index (χ0v) is 16.0. The monoisotopic (exact) mass is 481 g/mol. The van der Waals surface area contributed by atoms with Gasteiger partial charge in [-0.15, -0.1) is 12.3 Å². The predicted molar refractivity (Wildman–Crippen MR) is 90.1 cm³/mol. The Hall–Kier alpha value is -2.75. The summed E-state index contributed by atoms with van der Waals surface area (Å²) in [6.07, 6.45) is -3.16. The minimum absolute atomic E-state index is 0.0847. The molecular formula is C11H10Cl3N3O12. The van der Waals surface area contributed by atoms with Crippen LogP contribution in [0.15, 0.2) is 14.4 Å². The number of hydrogen-bond acceptors (Lipinski definition) is 11. The quantitative estimate of drug-likeness (QED) is 0.454. The number of hydrogen-bond donors (Lipinski definition) is 2. The number of aliphatic hydroxyl groups excluding tert-OH is 1. The molecule has 2 fully saturated rings. The summed E-state index contributed by atoms with van der Waals surface area (Å²) in [5.74, 6) is -1.18. The predicted octanol–water partition coefficient (Wildman–Crippen LogP) is -1.70. The second-order valence-electron chi connectivity index (χ2n) is 4.68. The molecule has 3 rings (SSSR count). The molecule has 162 valence electrons. The Morgan fingerprint density at radius 2 is 1.28 bits per heavy atom. The molecule has 29 heavy (non-hydrogen) atoms. The zero-order valence-electron chi connectivity index (χ0n) is 13.7. The Morgan fingerprint density at radius 3 is 1.48 bits per heavy atom. The lowest BCUT2D eigenvalue weighted by molar-refractivity contribution is -0.144. The molecule has 2 aliphatic rings. The maximum Gasteiger partial charge on any atom is 0.509 e. The Kier molecular flexibility index (Phi) is 8.96. The number of carboxylic acid groups (broad SMARTS) is 1. The van der Waals surface area contributed by atoms with E-state index in [2.05, 4.69) is 18.9 Å². The first kappa shape index (κ1) is 24.3. The minimum Gasteiger partial charge on any atom is -0.478 e. The number of rotatable bonds is 2. The molecule has 2 N–H and O–H groups in total. The van der Waals surface area contributed by atoms with E-state index < -0.39 is 47.6 Å². The van der Waals surface area contributed by atoms with E-state index in [0.717, 1.165) is 0 Å². The molecule has 0 spiro atoms. The second kappa shape index (κ2) is 10.7. The van der Waals surface area contributed by atoms with Gasteiger partial charge in [0.1, 0.15) is 13.2 Å². The molecule has 0 aromatic carbocycles. The smallest absolute Gasteiger partial charge is 0.478 e. The SMILES string of the molecule is O=C1OCC(C(=O)O)O1.O=C1OCC(CO)O1.O=c1n(Cl)c(=O)n(Cl)c(=O)n1Cl. The molecular weight excluding hydrogens is 472 g/mol. The van der Waals surface area contributed by atoms with Crippen molar-refractivity contribution >= 4 is 53.6 Å². The number of cyclic esters (lactones) is 4. The molecule has 0 aliphatic carbocycles. The van der Waals surface area contributed by atoms with Crippen LogP contribution in [0.3, 0.4) is 0 Å². The Morgan fingerprint density at radius 1 is 0.862 bits per heavy atom. The normalized spacial score (nSPS) is 19.4. The van der Waals surface area contributed by atoms with Crippen molar-refractivity contribution < 1.29 is 43.5 Å². The van der Waals surface area contributed by atoms with E-state index in [0.29, 0.717) is 0 Å². The fourth-order valence-corrected chi connectivity index (χ4v) is 1.95. The van der Waals surface area contributed by atoms with E-state index in [9.17, 15) is 28.8 Å². The van der Waals surface area contributed by atoms with Gasteiger partial charge in [-0.2, -0.15) is 0 Å². The van der Waals surface area contributed by atoms with Crippen molar-refractivity contribution in [3.05, 3.63) is 31.5 Å². The molecule has 15 nitrogen and oxygen atoms in total. The van der Waals surface area contributed by atoms with Crippen LogP contribution in [0.1, 0.15) is 0 Å². The van der Waals surface area contributed by atoms with Crippen LogP contribution in [0.25, 0.3) is 0 Å². The van der Waals surface area contributed by atoms with Crippen LogP contribution in [0.2, 0.25) is 0 Å². The lowest BCUT2D eigenvalue weighted by atomic mass is 10.4. The first-order valence-corrected chi connectivity index (χ1v) is 8.01. The zero-order chi connectivity index (χ0) is 22.3. The van der Waals surface area contributed by atoms with Crippen molar-refractivity contribution in [3.8, 4) is 0 Å². The summed E-state index contributed by atoms with van der Waals surface area (Å²) in [5, 5.41) is 16.5. The maximum atomic E-state index is 10.8. The second-order valence-corrected chi connectivity index (χ2v) is 5.69. The van der Waals surface area contributed by atoms with E-state index in [4.69, 9.17) is 45.5 Å². The highest BCUT2D eigenvalue weighted by Crippen LogP contribution is 2.05. The summed E-state index contributed by atoms with van der Waals surface area (Å²) >= 11 is 15.3. The molecule has 18 heteroatoms. The summed E-state index contributed by atoms with van der Waals surface area (Å²) in [7, 11) is 0. The Balaban J connectivity index is 0.000000223. The Labute approximate surface area is 173 Å². The number of aromatic nitrogens is 3. The summed E-state index contributed by atoms with van der Waals surface area (Å²) in [6.45, 7) is -0.171. The number of carbonyl (C=O) groups is 3. The average Bonchev–Trinajstić information content (AvgIpc) is 3.32. The molecule has 0 amide bonds. The van der Waals surface area contributed by atoms with Gasteiger partial charge in [0.25, 0.3) is 0 Å². The van der Waals surface area contributed by atoms with Gasteiger partial charge in [0.2, 0.25) is 6.10 Å². The maximum absolute atomic E-state index is 10.8. The van der Waals surface area contributed by atoms with E-state index in [1.54, 1.807) is 0 Å². The van der Waals surface area contributed by atoms with Crippen molar-refractivity contribution in [2.24, 2.45) is 0 Å². The van der Waals surface area contributed by atoms with Crippen molar-refractivity contribution in [3.63, 3.8) is 0 Å².